The Labute approximate surface area is 134 Å². The number of allylic oxidation sites excluding steroid dienone is 3. The summed E-state index contributed by atoms with van der Waals surface area (Å²) in [4.78, 5) is 10.2. The second-order valence-corrected chi connectivity index (χ2v) is 5.64. The van der Waals surface area contributed by atoms with Crippen LogP contribution in [0.5, 0.6) is 0 Å². The van der Waals surface area contributed by atoms with Crippen LogP contribution in [0.3, 0.4) is 0 Å². The van der Waals surface area contributed by atoms with Crippen LogP contribution in [0.4, 0.5) is 0 Å². The predicted molar refractivity (Wildman–Crippen MR) is 87.1 cm³/mol. The summed E-state index contributed by atoms with van der Waals surface area (Å²) < 4.78 is 0. The lowest BCUT2D eigenvalue weighted by Gasteiger charge is -2.13. The molecule has 0 aromatic heterocycles. The van der Waals surface area contributed by atoms with Crippen molar-refractivity contribution in [2.75, 3.05) is 0 Å². The van der Waals surface area contributed by atoms with Crippen molar-refractivity contribution in [3.63, 3.8) is 0 Å². The van der Waals surface area contributed by atoms with Gasteiger partial charge in [-0.1, -0.05) is 50.5 Å². The number of carbonyl (C=O) groups excluding carboxylic acids is 1. The SMILES string of the molecule is CCC(O)C(O)C/C=C\C/C=C\CCCCCCCC(=O)[O-]. The fraction of sp³-hybridized carbons (Fsp3) is 0.722. The molecule has 0 aliphatic rings. The highest BCUT2D eigenvalue weighted by Crippen LogP contribution is 2.08. The van der Waals surface area contributed by atoms with Gasteiger partial charge in [-0.3, -0.25) is 0 Å². The molecule has 0 saturated heterocycles. The van der Waals surface area contributed by atoms with Crippen molar-refractivity contribution in [2.45, 2.75) is 83.3 Å². The Balaban J connectivity index is 3.39. The van der Waals surface area contributed by atoms with Crippen LogP contribution in [0, 0.1) is 0 Å². The standard InChI is InChI=1S/C18H32O4/c1-2-16(19)17(20)14-12-10-8-6-4-3-5-7-9-11-13-15-18(21)22/h4,6,10,12,16-17,19-20H,2-3,5,7-9,11,13-15H2,1H3,(H,21,22)/p-1/b6-4-,12-10-. The number of aliphatic hydroxyl groups excluding tert-OH is 2. The summed E-state index contributed by atoms with van der Waals surface area (Å²) in [6.45, 7) is 1.85. The Hall–Kier alpha value is -1.13. The number of aliphatic hydroxyl groups is 2. The Morgan fingerprint density at radius 2 is 1.59 bits per heavy atom. The van der Waals surface area contributed by atoms with Crippen LogP contribution in [0.25, 0.3) is 0 Å². The van der Waals surface area contributed by atoms with Crippen LogP contribution in [0.15, 0.2) is 24.3 Å². The zero-order chi connectivity index (χ0) is 16.6. The Bertz CT molecular complexity index is 323. The van der Waals surface area contributed by atoms with Crippen LogP contribution in [-0.2, 0) is 4.79 Å². The first kappa shape index (κ1) is 20.9. The Morgan fingerprint density at radius 3 is 2.27 bits per heavy atom. The van der Waals surface area contributed by atoms with Gasteiger partial charge in [-0.25, -0.2) is 0 Å². The fourth-order valence-electron chi connectivity index (χ4n) is 2.12. The third-order valence-corrected chi connectivity index (χ3v) is 3.60. The average molecular weight is 311 g/mol. The minimum atomic E-state index is -0.951. The van der Waals surface area contributed by atoms with E-state index in [1.807, 2.05) is 19.1 Å². The predicted octanol–water partition coefficient (Wildman–Crippen LogP) is 2.49. The van der Waals surface area contributed by atoms with Gasteiger partial charge in [-0.05, 0) is 44.9 Å². The van der Waals surface area contributed by atoms with Crippen molar-refractivity contribution >= 4 is 5.97 Å². The lowest BCUT2D eigenvalue weighted by molar-refractivity contribution is -0.305. The maximum Gasteiger partial charge on any atom is 0.0833 e. The molecule has 2 unspecified atom stereocenters. The number of aliphatic carboxylic acids is 1. The number of carboxylic acid groups (broad SMARTS) is 1. The van der Waals surface area contributed by atoms with Crippen LogP contribution in [-0.4, -0.2) is 28.4 Å². The monoisotopic (exact) mass is 311 g/mol. The molecule has 22 heavy (non-hydrogen) atoms. The van der Waals surface area contributed by atoms with E-state index in [0.717, 1.165) is 44.9 Å². The average Bonchev–Trinajstić information content (AvgIpc) is 2.50. The second kappa shape index (κ2) is 14.8. The van der Waals surface area contributed by atoms with E-state index in [1.165, 1.54) is 0 Å². The van der Waals surface area contributed by atoms with Crippen molar-refractivity contribution in [1.82, 2.24) is 0 Å². The van der Waals surface area contributed by atoms with Gasteiger partial charge in [0.15, 0.2) is 0 Å². The molecule has 0 heterocycles. The largest absolute Gasteiger partial charge is 0.550 e. The fourth-order valence-corrected chi connectivity index (χ4v) is 2.12. The molecule has 0 aliphatic carbocycles. The summed E-state index contributed by atoms with van der Waals surface area (Å²) in [6.07, 6.45) is 15.0. The van der Waals surface area contributed by atoms with Gasteiger partial charge in [0.2, 0.25) is 0 Å². The Morgan fingerprint density at radius 1 is 0.955 bits per heavy atom. The van der Waals surface area contributed by atoms with Crippen LogP contribution >= 0.6 is 0 Å². The van der Waals surface area contributed by atoms with Crippen molar-refractivity contribution in [2.24, 2.45) is 0 Å². The first-order valence-electron chi connectivity index (χ1n) is 8.43. The molecule has 0 aromatic rings. The molecule has 0 rings (SSSR count). The number of rotatable bonds is 14. The van der Waals surface area contributed by atoms with Gasteiger partial charge in [-0.2, -0.15) is 0 Å². The second-order valence-electron chi connectivity index (χ2n) is 5.64. The van der Waals surface area contributed by atoms with Crippen LogP contribution in [0.1, 0.15) is 71.1 Å². The highest BCUT2D eigenvalue weighted by Gasteiger charge is 2.11. The number of carboxylic acids is 1. The third kappa shape index (κ3) is 13.8. The van der Waals surface area contributed by atoms with Crippen molar-refractivity contribution in [1.29, 1.82) is 0 Å². The highest BCUT2D eigenvalue weighted by atomic mass is 16.4. The van der Waals surface area contributed by atoms with Crippen molar-refractivity contribution in [3.05, 3.63) is 24.3 Å². The molecule has 4 nitrogen and oxygen atoms in total. The summed E-state index contributed by atoms with van der Waals surface area (Å²) in [6, 6.07) is 0. The molecule has 0 aromatic carbocycles. The Kier molecular flexibility index (Phi) is 14.0. The van der Waals surface area contributed by atoms with E-state index in [1.54, 1.807) is 0 Å². The van der Waals surface area contributed by atoms with Crippen molar-refractivity contribution < 1.29 is 20.1 Å². The van der Waals surface area contributed by atoms with Gasteiger partial charge in [-0.15, -0.1) is 0 Å². The van der Waals surface area contributed by atoms with E-state index in [-0.39, 0.29) is 6.42 Å². The quantitative estimate of drug-likeness (QED) is 0.381. The minimum Gasteiger partial charge on any atom is -0.550 e. The molecule has 0 fully saturated rings. The molecule has 0 bridgehead atoms. The summed E-state index contributed by atoms with van der Waals surface area (Å²) in [5.74, 6) is -0.951. The van der Waals surface area contributed by atoms with Gasteiger partial charge in [0, 0.05) is 5.97 Å². The minimum absolute atomic E-state index is 0.177. The smallest absolute Gasteiger partial charge is 0.0833 e. The summed E-state index contributed by atoms with van der Waals surface area (Å²) in [7, 11) is 0. The van der Waals surface area contributed by atoms with Gasteiger partial charge in [0.25, 0.3) is 0 Å². The number of unbranched alkanes of at least 4 members (excludes halogenated alkanes) is 5. The molecule has 128 valence electrons. The first-order valence-corrected chi connectivity index (χ1v) is 8.43. The van der Waals surface area contributed by atoms with E-state index in [2.05, 4.69) is 12.2 Å². The maximum absolute atomic E-state index is 10.2. The van der Waals surface area contributed by atoms with E-state index in [9.17, 15) is 20.1 Å². The summed E-state index contributed by atoms with van der Waals surface area (Å²) in [5, 5.41) is 29.2. The van der Waals surface area contributed by atoms with Crippen LogP contribution < -0.4 is 5.11 Å². The first-order chi connectivity index (χ1) is 10.6. The van der Waals surface area contributed by atoms with Crippen molar-refractivity contribution in [3.8, 4) is 0 Å². The maximum atomic E-state index is 10.2. The normalized spacial score (nSPS) is 14.7. The summed E-state index contributed by atoms with van der Waals surface area (Å²) in [5.41, 5.74) is 0. The van der Waals surface area contributed by atoms with E-state index in [4.69, 9.17) is 0 Å². The summed E-state index contributed by atoms with van der Waals surface area (Å²) >= 11 is 0. The molecule has 0 saturated carbocycles. The molecule has 0 aliphatic heterocycles. The van der Waals surface area contributed by atoms with Gasteiger partial charge in [0.05, 0.1) is 12.2 Å². The molecule has 0 spiro atoms. The van der Waals surface area contributed by atoms with Gasteiger partial charge >= 0.3 is 0 Å². The third-order valence-electron chi connectivity index (χ3n) is 3.60. The number of hydrogen-bond acceptors (Lipinski definition) is 4. The van der Waals surface area contributed by atoms with Gasteiger partial charge < -0.3 is 20.1 Å². The zero-order valence-corrected chi connectivity index (χ0v) is 13.7. The lowest BCUT2D eigenvalue weighted by Crippen LogP contribution is -2.23. The van der Waals surface area contributed by atoms with Crippen LogP contribution in [0.2, 0.25) is 0 Å². The highest BCUT2D eigenvalue weighted by molar-refractivity contribution is 5.63. The van der Waals surface area contributed by atoms with E-state index >= 15 is 0 Å². The lowest BCUT2D eigenvalue weighted by atomic mass is 10.1. The zero-order valence-electron chi connectivity index (χ0n) is 13.7. The topological polar surface area (TPSA) is 80.6 Å². The molecule has 2 atom stereocenters. The number of hydrogen-bond donors (Lipinski definition) is 2. The van der Waals surface area contributed by atoms with E-state index < -0.39 is 18.2 Å². The molecule has 4 heteroatoms. The molecular formula is C18H31O4-. The number of carbonyl (C=O) groups is 1. The van der Waals surface area contributed by atoms with E-state index in [0.29, 0.717) is 12.8 Å². The van der Waals surface area contributed by atoms with Gasteiger partial charge in [0.1, 0.15) is 0 Å². The molecular weight excluding hydrogens is 280 g/mol. The molecule has 2 N–H and O–H groups in total. The molecule has 0 amide bonds. The molecule has 0 radical (unpaired) electrons.